The number of amides is 1. The van der Waals surface area contributed by atoms with E-state index in [2.05, 4.69) is 5.10 Å². The highest BCUT2D eigenvalue weighted by Gasteiger charge is 2.37. The molecule has 1 atom stereocenters. The number of para-hydroxylation sites is 1. The van der Waals surface area contributed by atoms with Gasteiger partial charge in [0, 0.05) is 0 Å². The van der Waals surface area contributed by atoms with Gasteiger partial charge in [-0.25, -0.2) is 0 Å². The first-order chi connectivity index (χ1) is 7.61. The third-order valence-electron chi connectivity index (χ3n) is 2.54. The number of hydrogen-bond acceptors (Lipinski definition) is 3. The second-order valence-corrected chi connectivity index (χ2v) is 3.77. The molecular formula is C12H12N2O2. The minimum Gasteiger partial charge on any atom is -0.299 e. The highest BCUT2D eigenvalue weighted by molar-refractivity contribution is 6.26. The Hall–Kier alpha value is -1.97. The van der Waals surface area contributed by atoms with Crippen LogP contribution in [0.25, 0.3) is 0 Å². The predicted molar refractivity (Wildman–Crippen MR) is 61.2 cm³/mol. The van der Waals surface area contributed by atoms with Gasteiger partial charge in [-0.2, -0.15) is 10.1 Å². The van der Waals surface area contributed by atoms with Gasteiger partial charge in [0.2, 0.25) is 0 Å². The lowest BCUT2D eigenvalue weighted by atomic mass is 10.0. The van der Waals surface area contributed by atoms with E-state index in [4.69, 9.17) is 0 Å². The Morgan fingerprint density at radius 2 is 1.94 bits per heavy atom. The van der Waals surface area contributed by atoms with Crippen molar-refractivity contribution in [3.8, 4) is 0 Å². The number of hydrogen-bond donors (Lipinski definition) is 0. The molecule has 4 heteroatoms. The third-order valence-corrected chi connectivity index (χ3v) is 2.54. The SMILES string of the molecule is CC(=O)[C@H]1C(=O)N(c2ccccc2)N=C1C. The van der Waals surface area contributed by atoms with Crippen LogP contribution in [0.4, 0.5) is 5.69 Å². The zero-order valence-electron chi connectivity index (χ0n) is 9.18. The van der Waals surface area contributed by atoms with E-state index < -0.39 is 5.92 Å². The maximum absolute atomic E-state index is 11.9. The fraction of sp³-hybridized carbons (Fsp3) is 0.250. The minimum absolute atomic E-state index is 0.162. The van der Waals surface area contributed by atoms with Gasteiger partial charge in [0.15, 0.2) is 0 Å². The highest BCUT2D eigenvalue weighted by Crippen LogP contribution is 2.23. The molecule has 1 aliphatic rings. The van der Waals surface area contributed by atoms with Crippen molar-refractivity contribution < 1.29 is 9.59 Å². The molecule has 0 radical (unpaired) electrons. The third kappa shape index (κ3) is 1.62. The molecule has 0 N–H and O–H groups in total. The van der Waals surface area contributed by atoms with Crippen LogP contribution in [0.3, 0.4) is 0 Å². The molecule has 0 unspecified atom stereocenters. The number of Topliss-reactive ketones (excluding diaryl/α,β-unsaturated/α-hetero) is 1. The average Bonchev–Trinajstić information content (AvgIpc) is 2.55. The number of carbonyl (C=O) groups excluding carboxylic acids is 2. The van der Waals surface area contributed by atoms with E-state index >= 15 is 0 Å². The van der Waals surface area contributed by atoms with Crippen LogP contribution in [0.2, 0.25) is 0 Å². The van der Waals surface area contributed by atoms with Gasteiger partial charge in [0.05, 0.1) is 11.4 Å². The van der Waals surface area contributed by atoms with Gasteiger partial charge in [-0.1, -0.05) is 18.2 Å². The van der Waals surface area contributed by atoms with Crippen molar-refractivity contribution in [2.24, 2.45) is 11.0 Å². The molecule has 4 nitrogen and oxygen atoms in total. The smallest absolute Gasteiger partial charge is 0.263 e. The van der Waals surface area contributed by atoms with E-state index in [0.29, 0.717) is 11.4 Å². The van der Waals surface area contributed by atoms with Crippen LogP contribution >= 0.6 is 0 Å². The number of anilines is 1. The van der Waals surface area contributed by atoms with Gasteiger partial charge in [0.1, 0.15) is 11.7 Å². The summed E-state index contributed by atoms with van der Waals surface area (Å²) in [5.74, 6) is -1.14. The summed E-state index contributed by atoms with van der Waals surface area (Å²) in [6.07, 6.45) is 0. The van der Waals surface area contributed by atoms with Crippen molar-refractivity contribution in [3.63, 3.8) is 0 Å². The fourth-order valence-corrected chi connectivity index (χ4v) is 1.79. The number of hydrazone groups is 1. The van der Waals surface area contributed by atoms with E-state index in [0.717, 1.165) is 0 Å². The number of rotatable bonds is 2. The molecule has 0 aliphatic carbocycles. The van der Waals surface area contributed by atoms with Crippen molar-refractivity contribution in [1.82, 2.24) is 0 Å². The summed E-state index contributed by atoms with van der Waals surface area (Å²) in [7, 11) is 0. The van der Waals surface area contributed by atoms with Gasteiger partial charge in [-0.05, 0) is 26.0 Å². The maximum atomic E-state index is 11.9. The van der Waals surface area contributed by atoms with Crippen LogP contribution in [-0.2, 0) is 9.59 Å². The van der Waals surface area contributed by atoms with Crippen molar-refractivity contribution in [3.05, 3.63) is 30.3 Å². The van der Waals surface area contributed by atoms with Gasteiger partial charge in [-0.3, -0.25) is 9.59 Å². The molecule has 0 aromatic heterocycles. The second kappa shape index (κ2) is 3.89. The normalized spacial score (nSPS) is 19.9. The molecular weight excluding hydrogens is 204 g/mol. The first-order valence-electron chi connectivity index (χ1n) is 5.06. The predicted octanol–water partition coefficient (Wildman–Crippen LogP) is 1.61. The van der Waals surface area contributed by atoms with Crippen molar-refractivity contribution in [1.29, 1.82) is 0 Å². The zero-order chi connectivity index (χ0) is 11.7. The lowest BCUT2D eigenvalue weighted by molar-refractivity contribution is -0.127. The molecule has 1 heterocycles. The van der Waals surface area contributed by atoms with Crippen LogP contribution in [-0.4, -0.2) is 17.4 Å². The van der Waals surface area contributed by atoms with E-state index in [-0.39, 0.29) is 11.7 Å². The van der Waals surface area contributed by atoms with E-state index in [1.165, 1.54) is 11.9 Å². The maximum Gasteiger partial charge on any atom is 0.263 e. The summed E-state index contributed by atoms with van der Waals surface area (Å²) < 4.78 is 0. The summed E-state index contributed by atoms with van der Waals surface area (Å²) in [5.41, 5.74) is 1.25. The largest absolute Gasteiger partial charge is 0.299 e. The monoisotopic (exact) mass is 216 g/mol. The molecule has 0 bridgehead atoms. The van der Waals surface area contributed by atoms with E-state index in [1.807, 2.05) is 18.2 Å². The number of benzene rings is 1. The lowest BCUT2D eigenvalue weighted by Crippen LogP contribution is -2.31. The molecule has 1 aliphatic heterocycles. The van der Waals surface area contributed by atoms with Gasteiger partial charge >= 0.3 is 0 Å². The summed E-state index contributed by atoms with van der Waals surface area (Å²) in [5, 5.41) is 5.42. The standard InChI is InChI=1S/C12H12N2O2/c1-8-11(9(2)15)12(16)14(13-8)10-6-4-3-5-7-10/h3-7,11H,1-2H3/t11-/m0/s1. The molecule has 0 fully saturated rings. The average molecular weight is 216 g/mol. The lowest BCUT2D eigenvalue weighted by Gasteiger charge is -2.12. The Kier molecular flexibility index (Phi) is 2.56. The van der Waals surface area contributed by atoms with Gasteiger partial charge < -0.3 is 0 Å². The molecule has 0 saturated carbocycles. The highest BCUT2D eigenvalue weighted by atomic mass is 16.2. The van der Waals surface area contributed by atoms with Crippen LogP contribution in [0, 0.1) is 5.92 Å². The number of ketones is 1. The Morgan fingerprint density at radius 1 is 1.31 bits per heavy atom. The molecule has 16 heavy (non-hydrogen) atoms. The fourth-order valence-electron chi connectivity index (χ4n) is 1.79. The summed E-state index contributed by atoms with van der Waals surface area (Å²) in [6, 6.07) is 9.10. The van der Waals surface area contributed by atoms with E-state index in [9.17, 15) is 9.59 Å². The van der Waals surface area contributed by atoms with Crippen molar-refractivity contribution in [2.45, 2.75) is 13.8 Å². The molecule has 0 saturated heterocycles. The number of nitrogens with zero attached hydrogens (tertiary/aromatic N) is 2. The molecule has 1 aromatic carbocycles. The van der Waals surface area contributed by atoms with Crippen LogP contribution in [0.1, 0.15) is 13.8 Å². The number of carbonyl (C=O) groups is 2. The van der Waals surface area contributed by atoms with Gasteiger partial charge in [-0.15, -0.1) is 0 Å². The van der Waals surface area contributed by atoms with Crippen LogP contribution < -0.4 is 5.01 Å². The molecule has 1 amide bonds. The van der Waals surface area contributed by atoms with Crippen molar-refractivity contribution in [2.75, 3.05) is 5.01 Å². The van der Waals surface area contributed by atoms with E-state index in [1.54, 1.807) is 19.1 Å². The second-order valence-electron chi connectivity index (χ2n) is 3.77. The van der Waals surface area contributed by atoms with Crippen LogP contribution in [0.5, 0.6) is 0 Å². The molecule has 1 aromatic rings. The summed E-state index contributed by atoms with van der Waals surface area (Å²) in [6.45, 7) is 3.11. The minimum atomic E-state index is -0.708. The Labute approximate surface area is 93.6 Å². The summed E-state index contributed by atoms with van der Waals surface area (Å²) in [4.78, 5) is 23.3. The van der Waals surface area contributed by atoms with Crippen molar-refractivity contribution >= 4 is 23.1 Å². The first-order valence-corrected chi connectivity index (χ1v) is 5.06. The van der Waals surface area contributed by atoms with Crippen LogP contribution in [0.15, 0.2) is 35.4 Å². The van der Waals surface area contributed by atoms with Gasteiger partial charge in [0.25, 0.3) is 5.91 Å². The quantitative estimate of drug-likeness (QED) is 0.705. The molecule has 0 spiro atoms. The Bertz CT molecular complexity index is 465. The molecule has 2 rings (SSSR count). The Balaban J connectivity index is 2.35. The Morgan fingerprint density at radius 3 is 2.44 bits per heavy atom. The zero-order valence-corrected chi connectivity index (χ0v) is 9.18. The molecule has 82 valence electrons. The summed E-state index contributed by atoms with van der Waals surface area (Å²) >= 11 is 0. The first kappa shape index (κ1) is 10.5. The topological polar surface area (TPSA) is 49.7 Å².